The van der Waals surface area contributed by atoms with Gasteiger partial charge in [-0.1, -0.05) is 12.1 Å². The van der Waals surface area contributed by atoms with E-state index in [0.717, 1.165) is 12.1 Å². The highest BCUT2D eigenvalue weighted by molar-refractivity contribution is 7.53. The Balaban J connectivity index is 2.60. The first kappa shape index (κ1) is 11.1. The molecule has 5 heteroatoms. The molecule has 1 aromatic carbocycles. The topological polar surface area (TPSA) is 55.2 Å². The number of rotatable bonds is 4. The van der Waals surface area contributed by atoms with E-state index in [2.05, 4.69) is 18.4 Å². The van der Waals surface area contributed by atoms with E-state index in [1.165, 1.54) is 12.1 Å². The monoisotopic (exact) mass is 213 g/mol. The fourth-order valence-corrected chi connectivity index (χ4v) is 1.57. The van der Waals surface area contributed by atoms with E-state index in [1.54, 1.807) is 12.1 Å². The van der Waals surface area contributed by atoms with Gasteiger partial charge in [0.1, 0.15) is 0 Å². The molecule has 0 atom stereocenters. The van der Waals surface area contributed by atoms with Crippen molar-refractivity contribution in [2.45, 2.75) is 6.54 Å². The minimum absolute atomic E-state index is 0.146. The summed E-state index contributed by atoms with van der Waals surface area (Å²) in [5, 5.41) is 13.7. The smallest absolute Gasteiger partial charge is 0.258 e. The maximum atomic E-state index is 10.4. The molecule has 0 aliphatic rings. The summed E-state index contributed by atoms with van der Waals surface area (Å²) in [5.74, 6) is 0. The SMILES string of the molecule is C[PH+](C)NCc1ccc([N+](=O)[O-])cc1. The maximum Gasteiger partial charge on any atom is 0.269 e. The quantitative estimate of drug-likeness (QED) is 0.473. The predicted molar refractivity (Wildman–Crippen MR) is 60.1 cm³/mol. The highest BCUT2D eigenvalue weighted by Gasteiger charge is 2.04. The summed E-state index contributed by atoms with van der Waals surface area (Å²) in [5.41, 5.74) is 1.23. The van der Waals surface area contributed by atoms with Gasteiger partial charge >= 0.3 is 0 Å². The number of hydrogen-bond acceptors (Lipinski definition) is 3. The van der Waals surface area contributed by atoms with Gasteiger partial charge in [0.25, 0.3) is 5.69 Å². The number of nitro benzene ring substituents is 1. The lowest BCUT2D eigenvalue weighted by Gasteiger charge is -2.01. The summed E-state index contributed by atoms with van der Waals surface area (Å²) in [7, 11) is -0.442. The third-order valence-electron chi connectivity index (χ3n) is 1.79. The Bertz CT molecular complexity index is 311. The molecule has 1 N–H and O–H groups in total. The molecule has 0 unspecified atom stereocenters. The van der Waals surface area contributed by atoms with Crippen molar-refractivity contribution in [1.82, 2.24) is 5.09 Å². The van der Waals surface area contributed by atoms with Gasteiger partial charge in [0, 0.05) is 12.1 Å². The van der Waals surface area contributed by atoms with E-state index in [-0.39, 0.29) is 10.6 Å². The number of nitrogens with one attached hydrogen (secondary N) is 1. The van der Waals surface area contributed by atoms with Crippen LogP contribution in [0.3, 0.4) is 0 Å². The molecule has 0 amide bonds. The fourth-order valence-electron chi connectivity index (χ4n) is 1.01. The zero-order valence-corrected chi connectivity index (χ0v) is 9.28. The van der Waals surface area contributed by atoms with Crippen LogP contribution in [-0.2, 0) is 6.54 Å². The van der Waals surface area contributed by atoms with Gasteiger partial charge < -0.3 is 0 Å². The van der Waals surface area contributed by atoms with Gasteiger partial charge in [-0.2, -0.15) is 5.09 Å². The lowest BCUT2D eigenvalue weighted by atomic mass is 10.2. The van der Waals surface area contributed by atoms with Crippen LogP contribution in [0.2, 0.25) is 0 Å². The standard InChI is InChI=1S/C9H13N2O2P/c1-14(2)10-7-8-3-5-9(6-4-8)11(12)13/h3-6,10H,7H2,1-2H3/p+1. The second-order valence-corrected chi connectivity index (χ2v) is 5.63. The average Bonchev–Trinajstić information content (AvgIpc) is 2.15. The molecule has 0 bridgehead atoms. The Hall–Kier alpha value is -0.990. The Morgan fingerprint density at radius 2 is 1.93 bits per heavy atom. The molecule has 4 nitrogen and oxygen atoms in total. The van der Waals surface area contributed by atoms with Crippen molar-refractivity contribution in [1.29, 1.82) is 0 Å². The minimum atomic E-state index is -0.442. The average molecular weight is 213 g/mol. The highest BCUT2D eigenvalue weighted by Crippen LogP contribution is 2.19. The number of nitro groups is 1. The van der Waals surface area contributed by atoms with Crippen LogP contribution in [0.5, 0.6) is 0 Å². The second-order valence-electron chi connectivity index (χ2n) is 3.28. The van der Waals surface area contributed by atoms with Crippen molar-refractivity contribution in [2.24, 2.45) is 0 Å². The summed E-state index contributed by atoms with van der Waals surface area (Å²) in [6.45, 7) is 5.12. The zero-order valence-electron chi connectivity index (χ0n) is 8.28. The third kappa shape index (κ3) is 3.40. The van der Waals surface area contributed by atoms with Crippen LogP contribution in [0.15, 0.2) is 24.3 Å². The van der Waals surface area contributed by atoms with E-state index < -0.39 is 8.07 Å². The van der Waals surface area contributed by atoms with Crippen molar-refractivity contribution >= 4 is 13.8 Å². The molecule has 0 saturated heterocycles. The van der Waals surface area contributed by atoms with E-state index in [1.807, 2.05) is 0 Å². The van der Waals surface area contributed by atoms with Gasteiger partial charge in [0.05, 0.1) is 32.9 Å². The van der Waals surface area contributed by atoms with E-state index in [9.17, 15) is 10.1 Å². The van der Waals surface area contributed by atoms with Crippen LogP contribution in [0, 0.1) is 10.1 Å². The minimum Gasteiger partial charge on any atom is -0.258 e. The molecule has 0 spiro atoms. The van der Waals surface area contributed by atoms with Gasteiger partial charge in [0.15, 0.2) is 0 Å². The normalized spacial score (nSPS) is 10.5. The molecule has 0 fully saturated rings. The summed E-state index contributed by atoms with van der Waals surface area (Å²) in [6, 6.07) is 6.65. The number of benzene rings is 1. The molecule has 0 aromatic heterocycles. The van der Waals surface area contributed by atoms with Gasteiger partial charge in [-0.25, -0.2) is 0 Å². The Morgan fingerprint density at radius 1 is 1.36 bits per heavy atom. The van der Waals surface area contributed by atoms with Crippen LogP contribution in [0.1, 0.15) is 5.56 Å². The largest absolute Gasteiger partial charge is 0.269 e. The number of hydrogen-bond donors (Lipinski definition) is 1. The van der Waals surface area contributed by atoms with Gasteiger partial charge in [-0.3, -0.25) is 10.1 Å². The first-order valence-electron chi connectivity index (χ1n) is 4.37. The summed E-state index contributed by atoms with van der Waals surface area (Å²) < 4.78 is 0. The Labute approximate surface area is 84.3 Å². The van der Waals surface area contributed by atoms with Crippen molar-refractivity contribution in [3.8, 4) is 0 Å². The van der Waals surface area contributed by atoms with Gasteiger partial charge in [0.2, 0.25) is 0 Å². The van der Waals surface area contributed by atoms with Crippen molar-refractivity contribution in [2.75, 3.05) is 13.3 Å². The molecule has 1 aromatic rings. The molecule has 1 rings (SSSR count). The highest BCUT2D eigenvalue weighted by atomic mass is 31.1. The third-order valence-corrected chi connectivity index (χ3v) is 2.68. The number of non-ortho nitro benzene ring substituents is 1. The van der Waals surface area contributed by atoms with E-state index >= 15 is 0 Å². The van der Waals surface area contributed by atoms with E-state index in [4.69, 9.17) is 0 Å². The second kappa shape index (κ2) is 5.03. The van der Waals surface area contributed by atoms with Crippen LogP contribution in [-0.4, -0.2) is 18.3 Å². The lowest BCUT2D eigenvalue weighted by Crippen LogP contribution is -2.04. The Kier molecular flexibility index (Phi) is 3.98. The molecule has 0 radical (unpaired) electrons. The molecule has 0 saturated carbocycles. The van der Waals surface area contributed by atoms with Crippen molar-refractivity contribution < 1.29 is 4.92 Å². The molecule has 0 aliphatic carbocycles. The summed E-state index contributed by atoms with van der Waals surface area (Å²) in [6.07, 6.45) is 0. The van der Waals surface area contributed by atoms with Crippen molar-refractivity contribution in [3.05, 3.63) is 39.9 Å². The van der Waals surface area contributed by atoms with Crippen LogP contribution < -0.4 is 5.09 Å². The molecule has 14 heavy (non-hydrogen) atoms. The fraction of sp³-hybridized carbons (Fsp3) is 0.333. The maximum absolute atomic E-state index is 10.4. The van der Waals surface area contributed by atoms with Gasteiger partial charge in [-0.15, -0.1) is 0 Å². The van der Waals surface area contributed by atoms with Crippen LogP contribution >= 0.6 is 8.07 Å². The summed E-state index contributed by atoms with van der Waals surface area (Å²) in [4.78, 5) is 9.99. The molecule has 0 heterocycles. The van der Waals surface area contributed by atoms with Crippen LogP contribution in [0.25, 0.3) is 0 Å². The molecule has 0 aliphatic heterocycles. The first-order chi connectivity index (χ1) is 6.59. The predicted octanol–water partition coefficient (Wildman–Crippen LogP) is 2.07. The van der Waals surface area contributed by atoms with E-state index in [0.29, 0.717) is 0 Å². The molecular weight excluding hydrogens is 199 g/mol. The molecule has 76 valence electrons. The summed E-state index contributed by atoms with van der Waals surface area (Å²) >= 11 is 0. The zero-order chi connectivity index (χ0) is 10.6. The number of nitrogens with zero attached hydrogens (tertiary/aromatic N) is 1. The van der Waals surface area contributed by atoms with Gasteiger partial charge in [-0.05, 0) is 5.56 Å². The van der Waals surface area contributed by atoms with Crippen LogP contribution in [0.4, 0.5) is 5.69 Å². The van der Waals surface area contributed by atoms with Crippen molar-refractivity contribution in [3.63, 3.8) is 0 Å². The first-order valence-corrected chi connectivity index (χ1v) is 6.87. The molecular formula is C9H14N2O2P+. The lowest BCUT2D eigenvalue weighted by molar-refractivity contribution is -0.384. The Morgan fingerprint density at radius 3 is 2.36 bits per heavy atom.